The maximum Gasteiger partial charge on any atom is 0.225 e. The van der Waals surface area contributed by atoms with Crippen LogP contribution in [0.2, 0.25) is 0 Å². The topological polar surface area (TPSA) is 41.1 Å². The summed E-state index contributed by atoms with van der Waals surface area (Å²) in [4.78, 5) is 12.0. The van der Waals surface area contributed by atoms with Gasteiger partial charge in [0.15, 0.2) is 0 Å². The first-order valence-electron chi connectivity index (χ1n) is 7.58. The lowest BCUT2D eigenvalue weighted by molar-refractivity contribution is 0.752. The van der Waals surface area contributed by atoms with Crippen molar-refractivity contribution in [2.24, 2.45) is 0 Å². The number of aryl methyl sites for hydroxylation is 2. The van der Waals surface area contributed by atoms with E-state index in [0.717, 1.165) is 44.8 Å². The average molecular weight is 262 g/mol. The van der Waals surface area contributed by atoms with E-state index < -0.39 is 0 Å². The minimum absolute atomic E-state index is 0.958. The highest BCUT2D eigenvalue weighted by atomic mass is 15.3. The van der Waals surface area contributed by atoms with Crippen LogP contribution in [0.1, 0.15) is 43.6 Å². The number of hydrogen-bond donors (Lipinski definition) is 1. The first-order chi connectivity index (χ1) is 9.30. The summed E-state index contributed by atoms with van der Waals surface area (Å²) >= 11 is 0. The molecule has 4 nitrogen and oxygen atoms in total. The number of aromatic nitrogens is 2. The Bertz CT molecular complexity index is 386. The van der Waals surface area contributed by atoms with Crippen molar-refractivity contribution in [3.63, 3.8) is 0 Å². The van der Waals surface area contributed by atoms with Crippen LogP contribution in [-0.4, -0.2) is 36.6 Å². The zero-order valence-electron chi connectivity index (χ0n) is 12.5. The molecule has 0 aliphatic carbocycles. The molecular formula is C15H26N4. The monoisotopic (exact) mass is 262 g/mol. The molecule has 1 fully saturated rings. The van der Waals surface area contributed by atoms with E-state index in [4.69, 9.17) is 9.97 Å². The van der Waals surface area contributed by atoms with E-state index in [1.807, 2.05) is 7.05 Å². The van der Waals surface area contributed by atoms with Crippen LogP contribution in [0, 0.1) is 0 Å². The molecule has 0 atom stereocenters. The van der Waals surface area contributed by atoms with Gasteiger partial charge in [0.1, 0.15) is 0 Å². The van der Waals surface area contributed by atoms with Gasteiger partial charge in [-0.2, -0.15) is 0 Å². The van der Waals surface area contributed by atoms with Gasteiger partial charge in [0.25, 0.3) is 0 Å². The van der Waals surface area contributed by atoms with Gasteiger partial charge in [-0.25, -0.2) is 9.97 Å². The first kappa shape index (κ1) is 14.3. The molecule has 1 aliphatic heterocycles. The predicted molar refractivity (Wildman–Crippen MR) is 79.9 cm³/mol. The zero-order chi connectivity index (χ0) is 13.7. The maximum atomic E-state index is 4.82. The molecule has 4 heteroatoms. The summed E-state index contributed by atoms with van der Waals surface area (Å²) in [5, 5.41) is 3.22. The Hall–Kier alpha value is -1.16. The van der Waals surface area contributed by atoms with Crippen molar-refractivity contribution in [1.82, 2.24) is 15.3 Å². The Morgan fingerprint density at radius 1 is 1.05 bits per heavy atom. The molecule has 2 rings (SSSR count). The third kappa shape index (κ3) is 3.24. The Morgan fingerprint density at radius 3 is 2.11 bits per heavy atom. The van der Waals surface area contributed by atoms with Crippen LogP contribution in [-0.2, 0) is 19.3 Å². The molecule has 0 bridgehead atoms. The molecule has 1 N–H and O–H groups in total. The average Bonchev–Trinajstić information content (AvgIpc) is 2.98. The molecule has 0 spiro atoms. The second-order valence-electron chi connectivity index (χ2n) is 5.15. The van der Waals surface area contributed by atoms with Crippen LogP contribution in [0.25, 0.3) is 0 Å². The second kappa shape index (κ2) is 6.85. The summed E-state index contributed by atoms with van der Waals surface area (Å²) in [5.74, 6) is 0.958. The predicted octanol–water partition coefficient (Wildman–Crippen LogP) is 1.96. The summed E-state index contributed by atoms with van der Waals surface area (Å²) in [7, 11) is 2.00. The zero-order valence-corrected chi connectivity index (χ0v) is 12.5. The Labute approximate surface area is 116 Å². The van der Waals surface area contributed by atoms with Gasteiger partial charge in [0.2, 0.25) is 5.95 Å². The van der Waals surface area contributed by atoms with Gasteiger partial charge in [0, 0.05) is 24.5 Å². The van der Waals surface area contributed by atoms with Crippen LogP contribution >= 0.6 is 0 Å². The normalized spacial score (nSPS) is 15.2. The Morgan fingerprint density at radius 2 is 1.63 bits per heavy atom. The van der Waals surface area contributed by atoms with E-state index in [0.29, 0.717) is 0 Å². The number of hydrogen-bond acceptors (Lipinski definition) is 4. The van der Waals surface area contributed by atoms with Crippen molar-refractivity contribution in [2.45, 2.75) is 46.0 Å². The van der Waals surface area contributed by atoms with Gasteiger partial charge < -0.3 is 10.2 Å². The molecule has 0 saturated carbocycles. The highest BCUT2D eigenvalue weighted by Gasteiger charge is 2.18. The largest absolute Gasteiger partial charge is 0.341 e. The summed E-state index contributed by atoms with van der Waals surface area (Å²) in [6, 6.07) is 0. The van der Waals surface area contributed by atoms with Crippen molar-refractivity contribution in [3.05, 3.63) is 17.0 Å². The summed E-state index contributed by atoms with van der Waals surface area (Å²) in [5.41, 5.74) is 3.84. The molecule has 106 valence electrons. The van der Waals surface area contributed by atoms with E-state index in [-0.39, 0.29) is 0 Å². The molecule has 0 aromatic carbocycles. The summed E-state index contributed by atoms with van der Waals surface area (Å²) < 4.78 is 0. The van der Waals surface area contributed by atoms with Gasteiger partial charge in [-0.1, -0.05) is 13.8 Å². The molecule has 0 unspecified atom stereocenters. The van der Waals surface area contributed by atoms with Crippen LogP contribution < -0.4 is 10.2 Å². The third-order valence-corrected chi connectivity index (χ3v) is 3.85. The lowest BCUT2D eigenvalue weighted by atomic mass is 10.0. The molecule has 1 saturated heterocycles. The maximum absolute atomic E-state index is 4.82. The molecule has 2 heterocycles. The van der Waals surface area contributed by atoms with Crippen LogP contribution in [0.5, 0.6) is 0 Å². The highest BCUT2D eigenvalue weighted by molar-refractivity contribution is 5.38. The van der Waals surface area contributed by atoms with E-state index >= 15 is 0 Å². The Balaban J connectivity index is 2.32. The van der Waals surface area contributed by atoms with Crippen molar-refractivity contribution in [1.29, 1.82) is 0 Å². The molecule has 0 radical (unpaired) electrons. The Kier molecular flexibility index (Phi) is 5.14. The molecule has 1 aliphatic rings. The first-order valence-corrected chi connectivity index (χ1v) is 7.58. The van der Waals surface area contributed by atoms with Crippen molar-refractivity contribution in [3.8, 4) is 0 Å². The fourth-order valence-corrected chi connectivity index (χ4v) is 2.75. The van der Waals surface area contributed by atoms with E-state index in [1.165, 1.54) is 29.8 Å². The number of nitrogens with one attached hydrogen (secondary N) is 1. The lowest BCUT2D eigenvalue weighted by Gasteiger charge is -2.19. The minimum Gasteiger partial charge on any atom is -0.341 e. The summed E-state index contributed by atoms with van der Waals surface area (Å²) in [6.45, 7) is 7.60. The quantitative estimate of drug-likeness (QED) is 0.851. The molecular weight excluding hydrogens is 236 g/mol. The number of anilines is 1. The molecule has 1 aromatic rings. The van der Waals surface area contributed by atoms with Crippen molar-refractivity contribution < 1.29 is 0 Å². The lowest BCUT2D eigenvalue weighted by Crippen LogP contribution is -2.23. The third-order valence-electron chi connectivity index (χ3n) is 3.85. The van der Waals surface area contributed by atoms with Gasteiger partial charge in [0.05, 0.1) is 0 Å². The molecule has 1 aromatic heterocycles. The van der Waals surface area contributed by atoms with Crippen LogP contribution in [0.4, 0.5) is 5.95 Å². The number of rotatable bonds is 6. The van der Waals surface area contributed by atoms with Gasteiger partial charge in [-0.15, -0.1) is 0 Å². The van der Waals surface area contributed by atoms with E-state index in [1.54, 1.807) is 0 Å². The van der Waals surface area contributed by atoms with E-state index in [2.05, 4.69) is 24.1 Å². The van der Waals surface area contributed by atoms with Crippen molar-refractivity contribution in [2.75, 3.05) is 31.6 Å². The van der Waals surface area contributed by atoms with Crippen LogP contribution in [0.15, 0.2) is 0 Å². The fraction of sp³-hybridized carbons (Fsp3) is 0.733. The highest BCUT2D eigenvalue weighted by Crippen LogP contribution is 2.21. The minimum atomic E-state index is 0.958. The SMILES string of the molecule is CCc1nc(N2CCCC2)nc(CC)c1CCNC. The van der Waals surface area contributed by atoms with Crippen molar-refractivity contribution >= 4 is 5.95 Å². The molecule has 19 heavy (non-hydrogen) atoms. The number of nitrogens with zero attached hydrogens (tertiary/aromatic N) is 3. The molecule has 0 amide bonds. The summed E-state index contributed by atoms with van der Waals surface area (Å²) in [6.07, 6.45) is 5.56. The van der Waals surface area contributed by atoms with Crippen LogP contribution in [0.3, 0.4) is 0 Å². The van der Waals surface area contributed by atoms with Gasteiger partial charge >= 0.3 is 0 Å². The van der Waals surface area contributed by atoms with Gasteiger partial charge in [-0.05, 0) is 51.3 Å². The number of likely N-dealkylation sites (N-methyl/N-ethyl adjacent to an activating group) is 1. The van der Waals surface area contributed by atoms with E-state index in [9.17, 15) is 0 Å². The second-order valence-corrected chi connectivity index (χ2v) is 5.15. The standard InChI is InChI=1S/C15H26N4/c1-4-13-12(8-9-16-3)14(5-2)18-15(17-13)19-10-6-7-11-19/h16H,4-11H2,1-3H3. The smallest absolute Gasteiger partial charge is 0.225 e. The fourth-order valence-electron chi connectivity index (χ4n) is 2.75. The van der Waals surface area contributed by atoms with Gasteiger partial charge in [-0.3, -0.25) is 0 Å².